The average molecular weight is 391 g/mol. The van der Waals surface area contributed by atoms with Crippen molar-refractivity contribution in [3.8, 4) is 0 Å². The molecule has 2 aromatic rings. The fourth-order valence-electron chi connectivity index (χ4n) is 3.55. The first kappa shape index (κ1) is 19.4. The van der Waals surface area contributed by atoms with Gasteiger partial charge in [-0.1, -0.05) is 22.7 Å². The first-order chi connectivity index (χ1) is 13.0. The number of amides is 1. The van der Waals surface area contributed by atoms with E-state index in [4.69, 9.17) is 4.74 Å². The van der Waals surface area contributed by atoms with E-state index < -0.39 is 5.41 Å². The van der Waals surface area contributed by atoms with Crippen LogP contribution in [-0.2, 0) is 16.0 Å². The first-order valence-corrected chi connectivity index (χ1v) is 9.73. The highest BCUT2D eigenvalue weighted by Crippen LogP contribution is 2.36. The number of carbonyl (C=O) groups is 2. The van der Waals surface area contributed by atoms with E-state index in [-0.39, 0.29) is 37.3 Å². The number of aryl methyl sites for hydroxylation is 1. The zero-order valence-electron chi connectivity index (χ0n) is 15.4. The van der Waals surface area contributed by atoms with Gasteiger partial charge < -0.3 is 9.64 Å². The van der Waals surface area contributed by atoms with Gasteiger partial charge in [0.1, 0.15) is 10.7 Å². The zero-order chi connectivity index (χ0) is 19.4. The van der Waals surface area contributed by atoms with Gasteiger partial charge >= 0.3 is 5.97 Å². The van der Waals surface area contributed by atoms with Crippen molar-refractivity contribution in [2.45, 2.75) is 33.1 Å². The quantitative estimate of drug-likeness (QED) is 0.733. The normalized spacial score (nSPS) is 19.7. The third-order valence-electron chi connectivity index (χ3n) is 4.91. The Hall–Kier alpha value is -2.35. The molecule has 144 valence electrons. The van der Waals surface area contributed by atoms with Gasteiger partial charge in [-0.25, -0.2) is 4.39 Å². The summed E-state index contributed by atoms with van der Waals surface area (Å²) in [6.07, 6.45) is 1.39. The predicted molar refractivity (Wildman–Crippen MR) is 99.0 cm³/mol. The Kier molecular flexibility index (Phi) is 5.84. The summed E-state index contributed by atoms with van der Waals surface area (Å²) >= 11 is 1.05. The first-order valence-electron chi connectivity index (χ1n) is 8.96. The number of benzene rings is 1. The minimum absolute atomic E-state index is 0.190. The maximum Gasteiger partial charge on any atom is 0.314 e. The van der Waals surface area contributed by atoms with Crippen LogP contribution in [0.4, 0.5) is 4.39 Å². The smallest absolute Gasteiger partial charge is 0.314 e. The Bertz CT molecular complexity index is 841. The molecule has 6 nitrogen and oxygen atoms in total. The molecule has 1 aliphatic heterocycles. The van der Waals surface area contributed by atoms with E-state index in [1.54, 1.807) is 36.9 Å². The number of piperidine rings is 1. The lowest BCUT2D eigenvalue weighted by Crippen LogP contribution is -2.51. The summed E-state index contributed by atoms with van der Waals surface area (Å²) in [4.78, 5) is 27.9. The molecule has 0 aliphatic carbocycles. The van der Waals surface area contributed by atoms with Gasteiger partial charge in [-0.05, 0) is 56.3 Å². The number of aromatic nitrogens is 2. The van der Waals surface area contributed by atoms with Crippen LogP contribution in [0.2, 0.25) is 0 Å². The van der Waals surface area contributed by atoms with Gasteiger partial charge in [0.25, 0.3) is 5.91 Å². The van der Waals surface area contributed by atoms with Gasteiger partial charge in [0.2, 0.25) is 0 Å². The van der Waals surface area contributed by atoms with Crippen LogP contribution in [0.1, 0.15) is 40.7 Å². The topological polar surface area (TPSA) is 72.4 Å². The Morgan fingerprint density at radius 1 is 1.37 bits per heavy atom. The summed E-state index contributed by atoms with van der Waals surface area (Å²) in [6.45, 7) is 4.44. The van der Waals surface area contributed by atoms with Gasteiger partial charge in [-0.2, -0.15) is 0 Å². The van der Waals surface area contributed by atoms with Crippen molar-refractivity contribution in [1.82, 2.24) is 14.5 Å². The lowest BCUT2D eigenvalue weighted by molar-refractivity contribution is -0.158. The van der Waals surface area contributed by atoms with Gasteiger partial charge in [-0.3, -0.25) is 9.59 Å². The van der Waals surface area contributed by atoms with Crippen molar-refractivity contribution in [2.24, 2.45) is 5.41 Å². The van der Waals surface area contributed by atoms with E-state index in [2.05, 4.69) is 9.59 Å². The molecule has 8 heteroatoms. The number of hydrogen-bond acceptors (Lipinski definition) is 6. The maximum absolute atomic E-state index is 14.2. The molecule has 2 heterocycles. The van der Waals surface area contributed by atoms with Gasteiger partial charge in [0.15, 0.2) is 0 Å². The van der Waals surface area contributed by atoms with Crippen LogP contribution >= 0.6 is 11.5 Å². The Labute approximate surface area is 161 Å². The van der Waals surface area contributed by atoms with Crippen LogP contribution in [-0.4, -0.2) is 46.1 Å². The van der Waals surface area contributed by atoms with E-state index >= 15 is 0 Å². The second-order valence-electron chi connectivity index (χ2n) is 6.79. The lowest BCUT2D eigenvalue weighted by Gasteiger charge is -2.41. The highest BCUT2D eigenvalue weighted by molar-refractivity contribution is 7.07. The van der Waals surface area contributed by atoms with Crippen molar-refractivity contribution in [2.75, 3.05) is 19.7 Å². The number of rotatable bonds is 5. The molecule has 0 spiro atoms. The number of carbonyl (C=O) groups excluding carboxylic acids is 2. The van der Waals surface area contributed by atoms with E-state index in [1.165, 1.54) is 6.07 Å². The second kappa shape index (κ2) is 8.12. The molecule has 3 rings (SSSR count). The fraction of sp³-hybridized carbons (Fsp3) is 0.474. The largest absolute Gasteiger partial charge is 0.466 e. The molecule has 0 bridgehead atoms. The standard InChI is InChI=1S/C19H22FN3O3S/c1-3-26-18(25)19(11-14-7-4-5-8-15(14)20)9-6-10-23(12-19)17(24)16-13(2)21-22-27-16/h4-5,7-8H,3,6,9-12H2,1-2H3/t19-/m1/s1. The van der Waals surface area contributed by atoms with Crippen molar-refractivity contribution in [3.63, 3.8) is 0 Å². The number of nitrogens with zero attached hydrogens (tertiary/aromatic N) is 3. The van der Waals surface area contributed by atoms with E-state index in [0.29, 0.717) is 35.5 Å². The SMILES string of the molecule is CCOC(=O)[C@@]1(Cc2ccccc2F)CCCN(C(=O)c2snnc2C)C1. The van der Waals surface area contributed by atoms with E-state index in [0.717, 1.165) is 11.5 Å². The number of hydrogen-bond donors (Lipinski definition) is 0. The molecular weight excluding hydrogens is 369 g/mol. The lowest BCUT2D eigenvalue weighted by atomic mass is 9.75. The number of esters is 1. The monoisotopic (exact) mass is 391 g/mol. The molecule has 1 amide bonds. The molecule has 0 radical (unpaired) electrons. The van der Waals surface area contributed by atoms with E-state index in [9.17, 15) is 14.0 Å². The highest BCUT2D eigenvalue weighted by Gasteiger charge is 2.45. The van der Waals surface area contributed by atoms with Gasteiger partial charge in [0, 0.05) is 13.1 Å². The highest BCUT2D eigenvalue weighted by atomic mass is 32.1. The molecule has 0 N–H and O–H groups in total. The summed E-state index contributed by atoms with van der Waals surface area (Å²) < 4.78 is 23.4. The van der Waals surface area contributed by atoms with Gasteiger partial charge in [0.05, 0.1) is 17.7 Å². The predicted octanol–water partition coefficient (Wildman–Crippen LogP) is 3.01. The second-order valence-corrected chi connectivity index (χ2v) is 7.54. The molecule has 1 saturated heterocycles. The molecule has 1 aromatic carbocycles. The van der Waals surface area contributed by atoms with Crippen LogP contribution < -0.4 is 0 Å². The van der Waals surface area contributed by atoms with Crippen LogP contribution in [0, 0.1) is 18.2 Å². The molecule has 0 saturated carbocycles. The van der Waals surface area contributed by atoms with Crippen molar-refractivity contribution < 1.29 is 18.7 Å². The van der Waals surface area contributed by atoms with Crippen LogP contribution in [0.15, 0.2) is 24.3 Å². The average Bonchev–Trinajstić information content (AvgIpc) is 3.09. The number of halogens is 1. The fourth-order valence-corrected chi connectivity index (χ4v) is 4.18. The maximum atomic E-state index is 14.2. The third-order valence-corrected chi connectivity index (χ3v) is 5.72. The Balaban J connectivity index is 1.90. The molecule has 1 fully saturated rings. The van der Waals surface area contributed by atoms with Crippen molar-refractivity contribution in [1.29, 1.82) is 0 Å². The summed E-state index contributed by atoms with van der Waals surface area (Å²) in [5, 5.41) is 3.89. The summed E-state index contributed by atoms with van der Waals surface area (Å²) in [5.41, 5.74) is 0.0694. The molecule has 1 aliphatic rings. The van der Waals surface area contributed by atoms with Crippen molar-refractivity contribution in [3.05, 3.63) is 46.2 Å². The summed E-state index contributed by atoms with van der Waals surface area (Å²) in [5.74, 6) is -0.929. The van der Waals surface area contributed by atoms with Crippen molar-refractivity contribution >= 4 is 23.4 Å². The Morgan fingerprint density at radius 3 is 2.81 bits per heavy atom. The minimum Gasteiger partial charge on any atom is -0.466 e. The third kappa shape index (κ3) is 4.00. The molecular formula is C19H22FN3O3S. The summed E-state index contributed by atoms with van der Waals surface area (Å²) in [7, 11) is 0. The number of ether oxygens (including phenoxy) is 1. The Morgan fingerprint density at radius 2 is 2.15 bits per heavy atom. The molecule has 27 heavy (non-hydrogen) atoms. The number of likely N-dealkylation sites (tertiary alicyclic amines) is 1. The molecule has 1 atom stereocenters. The van der Waals surface area contributed by atoms with Crippen LogP contribution in [0.3, 0.4) is 0 Å². The van der Waals surface area contributed by atoms with Crippen LogP contribution in [0.25, 0.3) is 0 Å². The van der Waals surface area contributed by atoms with Gasteiger partial charge in [-0.15, -0.1) is 5.10 Å². The van der Waals surface area contributed by atoms with Crippen LogP contribution in [0.5, 0.6) is 0 Å². The van der Waals surface area contributed by atoms with E-state index in [1.807, 2.05) is 0 Å². The minimum atomic E-state index is -0.960. The zero-order valence-corrected chi connectivity index (χ0v) is 16.2. The summed E-state index contributed by atoms with van der Waals surface area (Å²) in [6, 6.07) is 6.42. The molecule has 1 aromatic heterocycles. The molecule has 0 unspecified atom stereocenters.